The summed E-state index contributed by atoms with van der Waals surface area (Å²) in [5, 5.41) is 41.7. The Labute approximate surface area is 164 Å². The second-order valence-electron chi connectivity index (χ2n) is 8.00. The van der Waals surface area contributed by atoms with Gasteiger partial charge in [0.2, 0.25) is 0 Å². The van der Waals surface area contributed by atoms with E-state index < -0.39 is 36.3 Å². The summed E-state index contributed by atoms with van der Waals surface area (Å²) in [5.74, 6) is -1.36. The Balaban J connectivity index is 2.53. The fraction of sp³-hybridized carbons (Fsp3) is 0.727. The lowest BCUT2D eigenvalue weighted by atomic mass is 9.78. The van der Waals surface area contributed by atoms with Crippen molar-refractivity contribution in [3.05, 3.63) is 35.9 Å². The Morgan fingerprint density at radius 1 is 0.778 bits per heavy atom. The van der Waals surface area contributed by atoms with Crippen molar-refractivity contribution in [1.29, 1.82) is 0 Å². The van der Waals surface area contributed by atoms with Gasteiger partial charge in [-0.1, -0.05) is 65.0 Å². The third-order valence-electron chi connectivity index (χ3n) is 5.79. The van der Waals surface area contributed by atoms with Crippen LogP contribution in [0, 0.1) is 23.7 Å². The molecule has 27 heavy (non-hydrogen) atoms. The zero-order chi connectivity index (χ0) is 20.6. The lowest BCUT2D eigenvalue weighted by Crippen LogP contribution is -2.45. The molecule has 156 valence electrons. The van der Waals surface area contributed by atoms with Crippen LogP contribution in [0.1, 0.15) is 46.6 Å². The summed E-state index contributed by atoms with van der Waals surface area (Å²) in [5.41, 5.74) is 1.08. The molecule has 0 heterocycles. The van der Waals surface area contributed by atoms with Crippen molar-refractivity contribution in [1.82, 2.24) is 0 Å². The molecular weight excluding hydrogens is 344 g/mol. The SMILES string of the molecule is CC[C@@H](O)[C@@H](C)[C@H](O)[C@H](C)[C@@H](O)[C@@H](C)[C@H](O)[C@H](C)COCc1ccccc1. The van der Waals surface area contributed by atoms with Crippen LogP contribution in [0.4, 0.5) is 0 Å². The number of ether oxygens (including phenoxy) is 1. The van der Waals surface area contributed by atoms with Gasteiger partial charge in [-0.15, -0.1) is 0 Å². The van der Waals surface area contributed by atoms with Crippen LogP contribution in [0.5, 0.6) is 0 Å². The fourth-order valence-electron chi connectivity index (χ4n) is 3.51. The summed E-state index contributed by atoms with van der Waals surface area (Å²) in [6.45, 7) is 9.94. The predicted octanol–water partition coefficient (Wildman–Crippen LogP) is 2.60. The van der Waals surface area contributed by atoms with Crippen LogP contribution in [-0.4, -0.2) is 51.4 Å². The molecule has 0 fully saturated rings. The molecule has 5 heteroatoms. The summed E-state index contributed by atoms with van der Waals surface area (Å²) in [6.07, 6.45) is -2.53. The molecule has 0 radical (unpaired) electrons. The Morgan fingerprint density at radius 2 is 1.30 bits per heavy atom. The average Bonchev–Trinajstić information content (AvgIpc) is 2.70. The van der Waals surface area contributed by atoms with E-state index in [2.05, 4.69) is 0 Å². The Morgan fingerprint density at radius 3 is 1.85 bits per heavy atom. The van der Waals surface area contributed by atoms with E-state index in [0.717, 1.165) is 5.56 Å². The van der Waals surface area contributed by atoms with Gasteiger partial charge in [0.1, 0.15) is 0 Å². The van der Waals surface area contributed by atoms with Crippen LogP contribution >= 0.6 is 0 Å². The van der Waals surface area contributed by atoms with Gasteiger partial charge in [-0.3, -0.25) is 0 Å². The van der Waals surface area contributed by atoms with Crippen molar-refractivity contribution < 1.29 is 25.2 Å². The molecule has 1 aromatic carbocycles. The molecule has 0 aliphatic carbocycles. The zero-order valence-corrected chi connectivity index (χ0v) is 17.3. The Hall–Kier alpha value is -0.980. The summed E-state index contributed by atoms with van der Waals surface area (Å²) in [6, 6.07) is 9.84. The van der Waals surface area contributed by atoms with E-state index in [9.17, 15) is 20.4 Å². The third kappa shape index (κ3) is 7.16. The van der Waals surface area contributed by atoms with Crippen molar-refractivity contribution in [2.75, 3.05) is 6.61 Å². The van der Waals surface area contributed by atoms with Crippen LogP contribution in [0.15, 0.2) is 30.3 Å². The van der Waals surface area contributed by atoms with Crippen molar-refractivity contribution in [3.63, 3.8) is 0 Å². The fourth-order valence-corrected chi connectivity index (χ4v) is 3.51. The van der Waals surface area contributed by atoms with Gasteiger partial charge in [-0.05, 0) is 12.0 Å². The number of hydrogen-bond donors (Lipinski definition) is 4. The number of aliphatic hydroxyl groups is 4. The molecule has 0 saturated carbocycles. The van der Waals surface area contributed by atoms with E-state index in [1.54, 1.807) is 20.8 Å². The third-order valence-corrected chi connectivity index (χ3v) is 5.79. The van der Waals surface area contributed by atoms with Gasteiger partial charge in [-0.2, -0.15) is 0 Å². The molecule has 0 aromatic heterocycles. The van der Waals surface area contributed by atoms with Gasteiger partial charge in [0.25, 0.3) is 0 Å². The molecule has 0 aliphatic heterocycles. The first kappa shape index (κ1) is 24.1. The molecule has 0 bridgehead atoms. The standard InChI is InChI=1S/C22H38O5/c1-6-19(23)15(3)21(25)17(5)22(26)16(4)20(24)14(2)12-27-13-18-10-8-7-9-11-18/h7-11,14-17,19-26H,6,12-13H2,1-5H3/t14-,15-,16+,17+,19-,20-,21+,22+/m1/s1. The number of aliphatic hydroxyl groups excluding tert-OH is 4. The molecule has 8 atom stereocenters. The van der Waals surface area contributed by atoms with E-state index in [0.29, 0.717) is 19.6 Å². The highest BCUT2D eigenvalue weighted by atomic mass is 16.5. The number of rotatable bonds is 12. The number of benzene rings is 1. The van der Waals surface area contributed by atoms with Crippen LogP contribution in [-0.2, 0) is 11.3 Å². The van der Waals surface area contributed by atoms with Gasteiger partial charge < -0.3 is 25.2 Å². The quantitative estimate of drug-likeness (QED) is 0.446. The van der Waals surface area contributed by atoms with Crippen molar-refractivity contribution in [3.8, 4) is 0 Å². The molecule has 0 amide bonds. The minimum atomic E-state index is -0.877. The molecule has 0 unspecified atom stereocenters. The van der Waals surface area contributed by atoms with E-state index in [4.69, 9.17) is 4.74 Å². The summed E-state index contributed by atoms with van der Waals surface area (Å²) >= 11 is 0. The average molecular weight is 383 g/mol. The molecule has 5 nitrogen and oxygen atoms in total. The van der Waals surface area contributed by atoms with Crippen LogP contribution in [0.25, 0.3) is 0 Å². The normalized spacial score (nSPS) is 20.9. The van der Waals surface area contributed by atoms with Gasteiger partial charge in [0.15, 0.2) is 0 Å². The Bertz CT molecular complexity index is 509. The zero-order valence-electron chi connectivity index (χ0n) is 17.3. The van der Waals surface area contributed by atoms with Gasteiger partial charge in [-0.25, -0.2) is 0 Å². The Kier molecular flexibility index (Phi) is 10.5. The molecule has 1 aromatic rings. The highest BCUT2D eigenvalue weighted by Gasteiger charge is 2.36. The lowest BCUT2D eigenvalue weighted by Gasteiger charge is -2.36. The minimum Gasteiger partial charge on any atom is -0.393 e. The highest BCUT2D eigenvalue weighted by Crippen LogP contribution is 2.27. The minimum absolute atomic E-state index is 0.152. The second-order valence-corrected chi connectivity index (χ2v) is 8.00. The van der Waals surface area contributed by atoms with Crippen LogP contribution < -0.4 is 0 Å². The van der Waals surface area contributed by atoms with Crippen LogP contribution in [0.2, 0.25) is 0 Å². The predicted molar refractivity (Wildman–Crippen MR) is 107 cm³/mol. The highest BCUT2D eigenvalue weighted by molar-refractivity contribution is 5.13. The molecular formula is C22H38O5. The van der Waals surface area contributed by atoms with Crippen molar-refractivity contribution in [2.45, 2.75) is 72.1 Å². The first-order chi connectivity index (χ1) is 12.7. The van der Waals surface area contributed by atoms with Gasteiger partial charge >= 0.3 is 0 Å². The van der Waals surface area contributed by atoms with Crippen LogP contribution in [0.3, 0.4) is 0 Å². The first-order valence-corrected chi connectivity index (χ1v) is 10.0. The monoisotopic (exact) mass is 382 g/mol. The lowest BCUT2D eigenvalue weighted by molar-refractivity contribution is -0.0897. The second kappa shape index (κ2) is 11.8. The van der Waals surface area contributed by atoms with E-state index in [-0.39, 0.29) is 11.8 Å². The first-order valence-electron chi connectivity index (χ1n) is 10.0. The largest absolute Gasteiger partial charge is 0.393 e. The van der Waals surface area contributed by atoms with Gasteiger partial charge in [0, 0.05) is 23.7 Å². The molecule has 1 rings (SSSR count). The van der Waals surface area contributed by atoms with E-state index >= 15 is 0 Å². The number of hydrogen-bond acceptors (Lipinski definition) is 5. The maximum atomic E-state index is 10.6. The summed E-state index contributed by atoms with van der Waals surface area (Å²) in [4.78, 5) is 0. The molecule has 4 N–H and O–H groups in total. The maximum absolute atomic E-state index is 10.6. The van der Waals surface area contributed by atoms with Gasteiger partial charge in [0.05, 0.1) is 37.6 Å². The van der Waals surface area contributed by atoms with Crippen molar-refractivity contribution in [2.24, 2.45) is 23.7 Å². The van der Waals surface area contributed by atoms with E-state index in [1.807, 2.05) is 44.2 Å². The smallest absolute Gasteiger partial charge is 0.0717 e. The van der Waals surface area contributed by atoms with Crippen molar-refractivity contribution >= 4 is 0 Å². The molecule has 0 spiro atoms. The molecule has 0 saturated heterocycles. The molecule has 0 aliphatic rings. The topological polar surface area (TPSA) is 90.2 Å². The maximum Gasteiger partial charge on any atom is 0.0717 e. The summed E-state index contributed by atoms with van der Waals surface area (Å²) in [7, 11) is 0. The summed E-state index contributed by atoms with van der Waals surface area (Å²) < 4.78 is 5.70. The van der Waals surface area contributed by atoms with E-state index in [1.165, 1.54) is 0 Å².